The maximum Gasteiger partial charge on any atom is 0.183 e. The van der Waals surface area contributed by atoms with Gasteiger partial charge in [0.15, 0.2) is 11.6 Å². The number of anilines is 1. The van der Waals surface area contributed by atoms with Gasteiger partial charge in [0.05, 0.1) is 11.3 Å². The zero-order chi connectivity index (χ0) is 13.2. The van der Waals surface area contributed by atoms with E-state index in [0.29, 0.717) is 6.54 Å². The Morgan fingerprint density at radius 2 is 2.06 bits per heavy atom. The minimum atomic E-state index is -1.07. The van der Waals surface area contributed by atoms with Gasteiger partial charge in [0.25, 0.3) is 0 Å². The molecule has 96 valence electrons. The summed E-state index contributed by atoms with van der Waals surface area (Å²) >= 11 is 0. The summed E-state index contributed by atoms with van der Waals surface area (Å²) < 4.78 is 27.1. The lowest BCUT2D eigenvalue weighted by molar-refractivity contribution is 0.145. The topological polar surface area (TPSA) is 35.8 Å². The maximum absolute atomic E-state index is 13.7. The van der Waals surface area contributed by atoms with Crippen molar-refractivity contribution in [2.45, 2.75) is 32.6 Å². The van der Waals surface area contributed by atoms with Crippen LogP contribution in [-0.2, 0) is 0 Å². The Balaban J connectivity index is 2.11. The first kappa shape index (κ1) is 12.8. The maximum atomic E-state index is 13.7. The molecular weight excluding hydrogens is 234 g/mol. The second-order valence-corrected chi connectivity index (χ2v) is 4.96. The van der Waals surface area contributed by atoms with Crippen molar-refractivity contribution < 1.29 is 8.78 Å². The van der Waals surface area contributed by atoms with Crippen molar-refractivity contribution >= 4 is 5.69 Å². The molecule has 0 spiro atoms. The Kier molecular flexibility index (Phi) is 3.51. The minimum absolute atomic E-state index is 0.145. The Hall–Kier alpha value is -1.63. The van der Waals surface area contributed by atoms with E-state index in [1.54, 1.807) is 6.07 Å². The average Bonchev–Trinajstić information content (AvgIpc) is 2.33. The molecule has 0 aliphatic heterocycles. The first-order chi connectivity index (χ1) is 8.62. The van der Waals surface area contributed by atoms with Crippen molar-refractivity contribution in [2.75, 3.05) is 11.9 Å². The molecule has 18 heavy (non-hydrogen) atoms. The van der Waals surface area contributed by atoms with Crippen LogP contribution in [0.4, 0.5) is 14.5 Å². The van der Waals surface area contributed by atoms with Gasteiger partial charge < -0.3 is 5.32 Å². The molecule has 0 atom stereocenters. The van der Waals surface area contributed by atoms with Gasteiger partial charge in [-0.15, -0.1) is 0 Å². The number of nitriles is 1. The third kappa shape index (κ3) is 2.17. The van der Waals surface area contributed by atoms with Gasteiger partial charge in [-0.25, -0.2) is 8.78 Å². The number of halogens is 2. The van der Waals surface area contributed by atoms with Gasteiger partial charge in [0.2, 0.25) is 0 Å². The lowest BCUT2D eigenvalue weighted by atomic mass is 9.67. The second kappa shape index (κ2) is 4.93. The molecule has 2 nitrogen and oxygen atoms in total. The highest BCUT2D eigenvalue weighted by Crippen LogP contribution is 2.43. The molecule has 1 aromatic rings. The molecule has 1 N–H and O–H groups in total. The van der Waals surface area contributed by atoms with E-state index >= 15 is 0 Å². The molecule has 1 aliphatic carbocycles. The molecule has 0 amide bonds. The number of hydrogen-bond acceptors (Lipinski definition) is 2. The molecule has 2 rings (SSSR count). The zero-order valence-corrected chi connectivity index (χ0v) is 10.4. The van der Waals surface area contributed by atoms with Gasteiger partial charge in [0.1, 0.15) is 6.07 Å². The van der Waals surface area contributed by atoms with E-state index in [-0.39, 0.29) is 16.7 Å². The van der Waals surface area contributed by atoms with Crippen LogP contribution in [0.25, 0.3) is 0 Å². The van der Waals surface area contributed by atoms with Crippen LogP contribution in [-0.4, -0.2) is 6.54 Å². The molecule has 0 heterocycles. The molecule has 0 radical (unpaired) electrons. The molecule has 1 saturated carbocycles. The van der Waals surface area contributed by atoms with Crippen molar-refractivity contribution in [3.8, 4) is 6.07 Å². The third-order valence-electron chi connectivity index (χ3n) is 4.02. The third-order valence-corrected chi connectivity index (χ3v) is 4.02. The molecule has 1 aliphatic rings. The van der Waals surface area contributed by atoms with Crippen LogP contribution in [0, 0.1) is 28.4 Å². The summed E-state index contributed by atoms with van der Waals surface area (Å²) in [7, 11) is 0. The summed E-state index contributed by atoms with van der Waals surface area (Å²) in [6.45, 7) is 2.78. The van der Waals surface area contributed by atoms with Crippen LogP contribution in [0.3, 0.4) is 0 Å². The van der Waals surface area contributed by atoms with Gasteiger partial charge in [0, 0.05) is 6.54 Å². The van der Waals surface area contributed by atoms with Crippen LogP contribution in [0.2, 0.25) is 0 Å². The summed E-state index contributed by atoms with van der Waals surface area (Å²) in [5.41, 5.74) is 0.120. The van der Waals surface area contributed by atoms with E-state index in [1.807, 2.05) is 0 Å². The van der Waals surface area contributed by atoms with Crippen molar-refractivity contribution in [2.24, 2.45) is 5.41 Å². The molecular formula is C14H16F2N2. The van der Waals surface area contributed by atoms with Gasteiger partial charge in [-0.1, -0.05) is 13.3 Å². The molecule has 0 aromatic heterocycles. The van der Waals surface area contributed by atoms with Crippen molar-refractivity contribution in [1.82, 2.24) is 0 Å². The molecule has 0 saturated heterocycles. The number of rotatable bonds is 4. The molecule has 1 aromatic carbocycles. The van der Waals surface area contributed by atoms with Crippen LogP contribution >= 0.6 is 0 Å². The van der Waals surface area contributed by atoms with E-state index in [0.717, 1.165) is 19.3 Å². The van der Waals surface area contributed by atoms with Crippen molar-refractivity contribution in [3.05, 3.63) is 29.3 Å². The van der Waals surface area contributed by atoms with E-state index in [4.69, 9.17) is 5.26 Å². The lowest BCUT2D eigenvalue weighted by Gasteiger charge is -2.41. The van der Waals surface area contributed by atoms with Gasteiger partial charge in [-0.2, -0.15) is 5.26 Å². The second-order valence-electron chi connectivity index (χ2n) is 4.96. The standard InChI is InChI=1S/C14H16F2N2/c1-2-14(6-3-7-14)9-18-11-5-4-10(8-17)12(15)13(11)16/h4-5,18H,2-3,6-7,9H2,1H3. The summed E-state index contributed by atoms with van der Waals surface area (Å²) in [5, 5.41) is 11.6. The van der Waals surface area contributed by atoms with Gasteiger partial charge >= 0.3 is 0 Å². The monoisotopic (exact) mass is 250 g/mol. The largest absolute Gasteiger partial charge is 0.382 e. The Bertz CT molecular complexity index is 482. The van der Waals surface area contributed by atoms with E-state index < -0.39 is 11.6 Å². The van der Waals surface area contributed by atoms with Crippen molar-refractivity contribution in [1.29, 1.82) is 5.26 Å². The highest BCUT2D eigenvalue weighted by Gasteiger charge is 2.34. The van der Waals surface area contributed by atoms with Crippen LogP contribution in [0.5, 0.6) is 0 Å². The minimum Gasteiger partial charge on any atom is -0.382 e. The van der Waals surface area contributed by atoms with Gasteiger partial charge in [-0.05, 0) is 36.8 Å². The number of nitrogens with one attached hydrogen (secondary N) is 1. The Morgan fingerprint density at radius 3 is 2.56 bits per heavy atom. The number of benzene rings is 1. The van der Waals surface area contributed by atoms with Gasteiger partial charge in [-0.3, -0.25) is 0 Å². The smallest absolute Gasteiger partial charge is 0.183 e. The average molecular weight is 250 g/mol. The Morgan fingerprint density at radius 1 is 1.33 bits per heavy atom. The first-order valence-electron chi connectivity index (χ1n) is 6.24. The van der Waals surface area contributed by atoms with Crippen LogP contribution in [0.1, 0.15) is 38.2 Å². The van der Waals surface area contributed by atoms with E-state index in [2.05, 4.69) is 12.2 Å². The predicted octanol–water partition coefficient (Wildman–Crippen LogP) is 3.83. The molecule has 0 bridgehead atoms. The summed E-state index contributed by atoms with van der Waals surface area (Å²) in [4.78, 5) is 0. The fraction of sp³-hybridized carbons (Fsp3) is 0.500. The summed E-state index contributed by atoms with van der Waals surface area (Å²) in [6.07, 6.45) is 4.52. The zero-order valence-electron chi connectivity index (χ0n) is 10.4. The van der Waals surface area contributed by atoms with Crippen molar-refractivity contribution in [3.63, 3.8) is 0 Å². The van der Waals surface area contributed by atoms with Crippen LogP contribution in [0.15, 0.2) is 12.1 Å². The predicted molar refractivity (Wildman–Crippen MR) is 66.1 cm³/mol. The number of hydrogen-bond donors (Lipinski definition) is 1. The lowest BCUT2D eigenvalue weighted by Crippen LogP contribution is -2.36. The molecule has 4 heteroatoms. The summed E-state index contributed by atoms with van der Waals surface area (Å²) in [5.74, 6) is -2.03. The number of nitrogens with zero attached hydrogens (tertiary/aromatic N) is 1. The fourth-order valence-corrected chi connectivity index (χ4v) is 2.39. The molecule has 1 fully saturated rings. The summed E-state index contributed by atoms with van der Waals surface area (Å²) in [6, 6.07) is 4.36. The van der Waals surface area contributed by atoms with Crippen LogP contribution < -0.4 is 5.32 Å². The first-order valence-corrected chi connectivity index (χ1v) is 6.24. The fourth-order valence-electron chi connectivity index (χ4n) is 2.39. The van der Waals surface area contributed by atoms with E-state index in [1.165, 1.54) is 18.6 Å². The SMILES string of the molecule is CCC1(CNc2ccc(C#N)c(F)c2F)CCC1. The quantitative estimate of drug-likeness (QED) is 0.881. The van der Waals surface area contributed by atoms with E-state index in [9.17, 15) is 8.78 Å². The normalized spacial score (nSPS) is 16.8. The Labute approximate surface area is 106 Å². The highest BCUT2D eigenvalue weighted by atomic mass is 19.2. The molecule has 0 unspecified atom stereocenters. The highest BCUT2D eigenvalue weighted by molar-refractivity contribution is 5.50.